The molecule has 1 aliphatic heterocycles. The van der Waals surface area contributed by atoms with Gasteiger partial charge in [0.25, 0.3) is 0 Å². The van der Waals surface area contributed by atoms with E-state index in [1.54, 1.807) is 7.05 Å². The SMILES string of the molecule is CN=C(NCC(C)(C)c1ccc(OCC(C)C)cc1)NC1CCN(CC(=O)NC)CC1. The van der Waals surface area contributed by atoms with E-state index in [2.05, 4.69) is 77.8 Å². The van der Waals surface area contributed by atoms with Crippen LogP contribution in [0, 0.1) is 5.92 Å². The third-order valence-corrected chi connectivity index (χ3v) is 5.71. The lowest BCUT2D eigenvalue weighted by molar-refractivity contribution is -0.122. The fourth-order valence-electron chi connectivity index (χ4n) is 3.58. The third kappa shape index (κ3) is 8.40. The van der Waals surface area contributed by atoms with Gasteiger partial charge in [0.05, 0.1) is 13.2 Å². The van der Waals surface area contributed by atoms with E-state index in [-0.39, 0.29) is 11.3 Å². The first-order valence-corrected chi connectivity index (χ1v) is 11.4. The number of hydrogen-bond acceptors (Lipinski definition) is 4. The molecule has 7 nitrogen and oxygen atoms in total. The molecule has 0 unspecified atom stereocenters. The Hall–Kier alpha value is -2.28. The molecule has 0 spiro atoms. The van der Waals surface area contributed by atoms with Crippen LogP contribution >= 0.6 is 0 Å². The van der Waals surface area contributed by atoms with Gasteiger partial charge in [-0.1, -0.05) is 39.8 Å². The van der Waals surface area contributed by atoms with Crippen LogP contribution in [0.25, 0.3) is 0 Å². The number of amides is 1. The maximum Gasteiger partial charge on any atom is 0.233 e. The second kappa shape index (κ2) is 11.9. The van der Waals surface area contributed by atoms with Crippen LogP contribution in [0.15, 0.2) is 29.3 Å². The van der Waals surface area contributed by atoms with Crippen LogP contribution in [-0.2, 0) is 10.2 Å². The molecule has 0 radical (unpaired) electrons. The first-order chi connectivity index (χ1) is 14.7. The Morgan fingerprint density at radius 3 is 2.42 bits per heavy atom. The summed E-state index contributed by atoms with van der Waals surface area (Å²) in [6.45, 7) is 12.6. The van der Waals surface area contributed by atoms with Gasteiger partial charge < -0.3 is 20.7 Å². The summed E-state index contributed by atoms with van der Waals surface area (Å²) in [6, 6.07) is 8.77. The lowest BCUT2D eigenvalue weighted by Crippen LogP contribution is -2.51. The fourth-order valence-corrected chi connectivity index (χ4v) is 3.58. The first-order valence-electron chi connectivity index (χ1n) is 11.4. The summed E-state index contributed by atoms with van der Waals surface area (Å²) in [5, 5.41) is 9.73. The van der Waals surface area contributed by atoms with Crippen LogP contribution in [0.1, 0.15) is 46.1 Å². The molecule has 0 saturated carbocycles. The Labute approximate surface area is 188 Å². The van der Waals surface area contributed by atoms with Crippen LogP contribution in [0.5, 0.6) is 5.75 Å². The van der Waals surface area contributed by atoms with Crippen LogP contribution in [0.4, 0.5) is 0 Å². The number of benzene rings is 1. The highest BCUT2D eigenvalue weighted by Crippen LogP contribution is 2.25. The second-order valence-electron chi connectivity index (χ2n) is 9.41. The molecule has 1 amide bonds. The summed E-state index contributed by atoms with van der Waals surface area (Å²) in [5.74, 6) is 2.34. The van der Waals surface area contributed by atoms with Gasteiger partial charge in [-0.3, -0.25) is 14.7 Å². The lowest BCUT2D eigenvalue weighted by Gasteiger charge is -2.33. The Kier molecular flexibility index (Phi) is 9.62. The molecule has 174 valence electrons. The Morgan fingerprint density at radius 2 is 1.87 bits per heavy atom. The van der Waals surface area contributed by atoms with E-state index >= 15 is 0 Å². The maximum atomic E-state index is 11.6. The molecule has 0 bridgehead atoms. The largest absolute Gasteiger partial charge is 0.493 e. The number of aliphatic imine (C=N–C) groups is 1. The predicted octanol–water partition coefficient (Wildman–Crippen LogP) is 2.37. The van der Waals surface area contributed by atoms with E-state index in [0.29, 0.717) is 18.5 Å². The van der Waals surface area contributed by atoms with Crippen LogP contribution in [0.3, 0.4) is 0 Å². The van der Waals surface area contributed by atoms with Crippen molar-refractivity contribution in [1.29, 1.82) is 0 Å². The van der Waals surface area contributed by atoms with Gasteiger partial charge in [0, 0.05) is 45.2 Å². The van der Waals surface area contributed by atoms with Crippen molar-refractivity contribution in [2.45, 2.75) is 52.0 Å². The molecule has 31 heavy (non-hydrogen) atoms. The van der Waals surface area contributed by atoms with Crippen LogP contribution in [0.2, 0.25) is 0 Å². The minimum Gasteiger partial charge on any atom is -0.493 e. The average Bonchev–Trinajstić information content (AvgIpc) is 2.76. The predicted molar refractivity (Wildman–Crippen MR) is 128 cm³/mol. The van der Waals surface area contributed by atoms with E-state index in [1.165, 1.54) is 5.56 Å². The summed E-state index contributed by atoms with van der Waals surface area (Å²) in [6.07, 6.45) is 2.00. The zero-order valence-electron chi connectivity index (χ0n) is 20.1. The van der Waals surface area contributed by atoms with Crippen molar-refractivity contribution in [3.05, 3.63) is 29.8 Å². The molecule has 1 aromatic rings. The first kappa shape index (κ1) is 25.0. The van der Waals surface area contributed by atoms with Gasteiger partial charge in [-0.2, -0.15) is 0 Å². The minimum atomic E-state index is -0.0505. The van der Waals surface area contributed by atoms with E-state index in [4.69, 9.17) is 4.74 Å². The van der Waals surface area contributed by atoms with Gasteiger partial charge in [0.1, 0.15) is 5.75 Å². The smallest absolute Gasteiger partial charge is 0.233 e. The van der Waals surface area contributed by atoms with Crippen molar-refractivity contribution >= 4 is 11.9 Å². The van der Waals surface area contributed by atoms with Crippen LogP contribution < -0.4 is 20.7 Å². The highest BCUT2D eigenvalue weighted by Gasteiger charge is 2.24. The average molecular weight is 432 g/mol. The summed E-state index contributed by atoms with van der Waals surface area (Å²) in [4.78, 5) is 18.2. The highest BCUT2D eigenvalue weighted by atomic mass is 16.5. The molecule has 1 saturated heterocycles. The number of nitrogens with one attached hydrogen (secondary N) is 3. The molecule has 0 aromatic heterocycles. The van der Waals surface area contributed by atoms with Gasteiger partial charge in [-0.05, 0) is 36.5 Å². The van der Waals surface area contributed by atoms with Crippen molar-refractivity contribution in [3.8, 4) is 5.75 Å². The van der Waals surface area contributed by atoms with Gasteiger partial charge in [0.2, 0.25) is 5.91 Å². The van der Waals surface area contributed by atoms with E-state index in [0.717, 1.165) is 50.8 Å². The zero-order chi connectivity index (χ0) is 22.9. The van der Waals surface area contributed by atoms with Crippen LogP contribution in [-0.4, -0.2) is 69.7 Å². The van der Waals surface area contributed by atoms with Crippen molar-refractivity contribution in [2.24, 2.45) is 10.9 Å². The Balaban J connectivity index is 1.81. The quantitative estimate of drug-likeness (QED) is 0.413. The molecule has 2 rings (SSSR count). The fraction of sp³-hybridized carbons (Fsp3) is 0.667. The number of piperidine rings is 1. The number of guanidine groups is 1. The summed E-state index contributed by atoms with van der Waals surface area (Å²) >= 11 is 0. The van der Waals surface area contributed by atoms with E-state index in [9.17, 15) is 4.79 Å². The molecular formula is C24H41N5O2. The second-order valence-corrected chi connectivity index (χ2v) is 9.41. The van der Waals surface area contributed by atoms with E-state index in [1.807, 2.05) is 7.05 Å². The molecule has 3 N–H and O–H groups in total. The number of likely N-dealkylation sites (tertiary alicyclic amines) is 1. The molecule has 0 aliphatic carbocycles. The van der Waals surface area contributed by atoms with E-state index < -0.39 is 0 Å². The highest BCUT2D eigenvalue weighted by molar-refractivity contribution is 5.80. The zero-order valence-corrected chi connectivity index (χ0v) is 20.1. The van der Waals surface area contributed by atoms with Crippen molar-refractivity contribution in [3.63, 3.8) is 0 Å². The molecule has 0 atom stereocenters. The summed E-state index contributed by atoms with van der Waals surface area (Å²) < 4.78 is 5.80. The monoisotopic (exact) mass is 431 g/mol. The molecular weight excluding hydrogens is 390 g/mol. The molecule has 1 fully saturated rings. The summed E-state index contributed by atoms with van der Waals surface area (Å²) in [7, 11) is 3.49. The standard InChI is InChI=1S/C24H41N5O2/c1-18(2)16-31-21-9-7-19(8-10-21)24(3,4)17-27-23(26-6)28-20-11-13-29(14-12-20)15-22(30)25-5/h7-10,18,20H,11-17H2,1-6H3,(H,25,30)(H2,26,27,28). The van der Waals surface area contributed by atoms with Crippen molar-refractivity contribution in [1.82, 2.24) is 20.9 Å². The molecule has 1 heterocycles. The van der Waals surface area contributed by atoms with Gasteiger partial charge >= 0.3 is 0 Å². The number of carbonyl (C=O) groups is 1. The minimum absolute atomic E-state index is 0.0505. The normalized spacial score (nSPS) is 16.3. The van der Waals surface area contributed by atoms with Gasteiger partial charge in [-0.25, -0.2) is 0 Å². The number of ether oxygens (including phenoxy) is 1. The molecule has 1 aliphatic rings. The number of rotatable bonds is 9. The third-order valence-electron chi connectivity index (χ3n) is 5.71. The number of carbonyl (C=O) groups excluding carboxylic acids is 1. The Bertz CT molecular complexity index is 707. The Morgan fingerprint density at radius 1 is 1.23 bits per heavy atom. The summed E-state index contributed by atoms with van der Waals surface area (Å²) in [5.41, 5.74) is 1.21. The number of hydrogen-bond donors (Lipinski definition) is 3. The number of nitrogens with zero attached hydrogens (tertiary/aromatic N) is 2. The maximum absolute atomic E-state index is 11.6. The van der Waals surface area contributed by atoms with Crippen molar-refractivity contribution < 1.29 is 9.53 Å². The van der Waals surface area contributed by atoms with Crippen molar-refractivity contribution in [2.75, 3.05) is 46.9 Å². The lowest BCUT2D eigenvalue weighted by atomic mass is 9.84. The molecule has 7 heteroatoms. The molecule has 1 aromatic carbocycles. The van der Waals surface area contributed by atoms with Gasteiger partial charge in [0.15, 0.2) is 5.96 Å². The van der Waals surface area contributed by atoms with Gasteiger partial charge in [-0.15, -0.1) is 0 Å². The number of likely N-dealkylation sites (N-methyl/N-ethyl adjacent to an activating group) is 1. The topological polar surface area (TPSA) is 78.0 Å².